The van der Waals surface area contributed by atoms with Gasteiger partial charge >= 0.3 is 0 Å². The van der Waals surface area contributed by atoms with Crippen LogP contribution in [0.15, 0.2) is 18.2 Å². The zero-order valence-electron chi connectivity index (χ0n) is 8.92. The topological polar surface area (TPSA) is 21.3 Å². The average Bonchev–Trinajstić information content (AvgIpc) is 2.72. The number of halogens is 1. The number of ether oxygens (including phenoxy) is 1. The van der Waals surface area contributed by atoms with Crippen molar-refractivity contribution in [1.82, 2.24) is 0 Å². The van der Waals surface area contributed by atoms with E-state index >= 15 is 0 Å². The number of aryl methyl sites for hydroxylation is 1. The lowest BCUT2D eigenvalue weighted by Crippen LogP contribution is -2.18. The van der Waals surface area contributed by atoms with Crippen molar-refractivity contribution in [1.29, 1.82) is 0 Å². The third kappa shape index (κ3) is 2.86. The van der Waals surface area contributed by atoms with Gasteiger partial charge in [0.1, 0.15) is 0 Å². The van der Waals surface area contributed by atoms with Crippen LogP contribution < -0.4 is 5.32 Å². The highest BCUT2D eigenvalue weighted by atomic mass is 35.5. The first-order chi connectivity index (χ1) is 7.25. The summed E-state index contributed by atoms with van der Waals surface area (Å²) in [6.45, 7) is 3.86. The zero-order valence-corrected chi connectivity index (χ0v) is 9.68. The van der Waals surface area contributed by atoms with Gasteiger partial charge in [-0.1, -0.05) is 17.7 Å². The molecule has 0 bridgehead atoms. The summed E-state index contributed by atoms with van der Waals surface area (Å²) >= 11 is 5.94. The van der Waals surface area contributed by atoms with E-state index in [-0.39, 0.29) is 0 Å². The summed E-state index contributed by atoms with van der Waals surface area (Å²) < 4.78 is 5.55. The molecule has 2 nitrogen and oxygen atoms in total. The fourth-order valence-corrected chi connectivity index (χ4v) is 1.99. The predicted molar refractivity (Wildman–Crippen MR) is 63.7 cm³/mol. The second kappa shape index (κ2) is 4.86. The van der Waals surface area contributed by atoms with Crippen molar-refractivity contribution in [3.05, 3.63) is 28.8 Å². The lowest BCUT2D eigenvalue weighted by Gasteiger charge is -2.13. The Balaban J connectivity index is 1.94. The molecule has 2 rings (SSSR count). The summed E-state index contributed by atoms with van der Waals surface area (Å²) in [5.41, 5.74) is 2.33. The molecule has 1 N–H and O–H groups in total. The molecule has 1 atom stereocenters. The van der Waals surface area contributed by atoms with Gasteiger partial charge in [0, 0.05) is 23.9 Å². The quantitative estimate of drug-likeness (QED) is 0.853. The highest BCUT2D eigenvalue weighted by molar-refractivity contribution is 6.30. The normalized spacial score (nSPS) is 20.5. The largest absolute Gasteiger partial charge is 0.382 e. The lowest BCUT2D eigenvalue weighted by molar-refractivity contribution is 0.120. The van der Waals surface area contributed by atoms with Gasteiger partial charge in [0.05, 0.1) is 6.10 Å². The van der Waals surface area contributed by atoms with Crippen molar-refractivity contribution in [3.63, 3.8) is 0 Å². The van der Waals surface area contributed by atoms with Crippen molar-refractivity contribution in [2.24, 2.45) is 0 Å². The first-order valence-electron chi connectivity index (χ1n) is 5.37. The van der Waals surface area contributed by atoms with Gasteiger partial charge in [0.25, 0.3) is 0 Å². The smallest absolute Gasteiger partial charge is 0.0748 e. The zero-order chi connectivity index (χ0) is 10.7. The highest BCUT2D eigenvalue weighted by Gasteiger charge is 2.15. The van der Waals surface area contributed by atoms with Crippen LogP contribution in [0.1, 0.15) is 18.4 Å². The molecule has 1 fully saturated rings. The molecular weight excluding hydrogens is 210 g/mol. The minimum atomic E-state index is 0.364. The number of benzene rings is 1. The Morgan fingerprint density at radius 3 is 3.13 bits per heavy atom. The molecule has 1 heterocycles. The first-order valence-corrected chi connectivity index (χ1v) is 5.75. The van der Waals surface area contributed by atoms with Crippen LogP contribution >= 0.6 is 11.6 Å². The highest BCUT2D eigenvalue weighted by Crippen LogP contribution is 2.21. The molecule has 0 aromatic heterocycles. The van der Waals surface area contributed by atoms with Crippen molar-refractivity contribution in [2.75, 3.05) is 18.5 Å². The third-order valence-corrected chi connectivity index (χ3v) is 2.98. The Labute approximate surface area is 95.6 Å². The van der Waals surface area contributed by atoms with Gasteiger partial charge < -0.3 is 10.1 Å². The van der Waals surface area contributed by atoms with E-state index in [0.717, 1.165) is 30.3 Å². The van der Waals surface area contributed by atoms with E-state index < -0.39 is 0 Å². The second-order valence-corrected chi connectivity index (χ2v) is 4.41. The van der Waals surface area contributed by atoms with Crippen molar-refractivity contribution in [2.45, 2.75) is 25.9 Å². The Kier molecular flexibility index (Phi) is 3.49. The predicted octanol–water partition coefficient (Wildman–Crippen LogP) is 3.24. The maximum Gasteiger partial charge on any atom is 0.0748 e. The van der Waals surface area contributed by atoms with Crippen molar-refractivity contribution in [3.8, 4) is 0 Å². The van der Waals surface area contributed by atoms with E-state index in [1.807, 2.05) is 18.2 Å². The van der Waals surface area contributed by atoms with Gasteiger partial charge in [-0.3, -0.25) is 0 Å². The molecule has 0 aliphatic carbocycles. The molecule has 0 spiro atoms. The molecule has 0 radical (unpaired) electrons. The number of nitrogens with one attached hydrogen (secondary N) is 1. The van der Waals surface area contributed by atoms with Crippen molar-refractivity contribution < 1.29 is 4.74 Å². The monoisotopic (exact) mass is 225 g/mol. The Bertz CT molecular complexity index is 334. The minimum absolute atomic E-state index is 0.364. The van der Waals surface area contributed by atoms with Gasteiger partial charge in [0.15, 0.2) is 0 Å². The van der Waals surface area contributed by atoms with E-state index in [1.165, 1.54) is 12.0 Å². The van der Waals surface area contributed by atoms with E-state index in [4.69, 9.17) is 16.3 Å². The third-order valence-electron chi connectivity index (χ3n) is 2.74. The van der Waals surface area contributed by atoms with Crippen LogP contribution in [-0.2, 0) is 4.74 Å². The number of anilines is 1. The maximum absolute atomic E-state index is 5.94. The molecule has 1 saturated heterocycles. The SMILES string of the molecule is Cc1ccc(Cl)cc1NCC1CCCO1. The summed E-state index contributed by atoms with van der Waals surface area (Å²) in [5, 5.41) is 4.16. The number of hydrogen-bond acceptors (Lipinski definition) is 2. The van der Waals surface area contributed by atoms with E-state index in [9.17, 15) is 0 Å². The molecule has 0 amide bonds. The summed E-state index contributed by atoms with van der Waals surface area (Å²) in [4.78, 5) is 0. The molecule has 1 aromatic carbocycles. The molecule has 1 aliphatic rings. The van der Waals surface area contributed by atoms with Gasteiger partial charge in [-0.2, -0.15) is 0 Å². The van der Waals surface area contributed by atoms with Gasteiger partial charge in [0.2, 0.25) is 0 Å². The molecule has 1 aromatic rings. The molecular formula is C12H16ClNO. The van der Waals surface area contributed by atoms with Crippen LogP contribution in [0.25, 0.3) is 0 Å². The Morgan fingerprint density at radius 1 is 1.53 bits per heavy atom. The lowest BCUT2D eigenvalue weighted by atomic mass is 10.2. The van der Waals surface area contributed by atoms with E-state index in [0.29, 0.717) is 6.10 Å². The van der Waals surface area contributed by atoms with Crippen LogP contribution in [-0.4, -0.2) is 19.3 Å². The summed E-state index contributed by atoms with van der Waals surface area (Å²) in [5.74, 6) is 0. The standard InChI is InChI=1S/C12H16ClNO/c1-9-4-5-10(13)7-12(9)14-8-11-3-2-6-15-11/h4-5,7,11,14H,2-3,6,8H2,1H3. The first kappa shape index (κ1) is 10.8. The average molecular weight is 226 g/mol. The summed E-state index contributed by atoms with van der Waals surface area (Å²) in [6.07, 6.45) is 2.71. The second-order valence-electron chi connectivity index (χ2n) is 3.98. The van der Waals surface area contributed by atoms with Gasteiger partial charge in [-0.15, -0.1) is 0 Å². The maximum atomic E-state index is 5.94. The summed E-state index contributed by atoms with van der Waals surface area (Å²) in [6, 6.07) is 5.90. The number of rotatable bonds is 3. The minimum Gasteiger partial charge on any atom is -0.382 e. The van der Waals surface area contributed by atoms with Crippen LogP contribution in [0.4, 0.5) is 5.69 Å². The molecule has 82 valence electrons. The van der Waals surface area contributed by atoms with E-state index in [1.54, 1.807) is 0 Å². The molecule has 15 heavy (non-hydrogen) atoms. The molecule has 1 unspecified atom stereocenters. The Morgan fingerprint density at radius 2 is 2.40 bits per heavy atom. The van der Waals surface area contributed by atoms with Crippen molar-refractivity contribution >= 4 is 17.3 Å². The van der Waals surface area contributed by atoms with E-state index in [2.05, 4.69) is 12.2 Å². The molecule has 1 aliphatic heterocycles. The summed E-state index contributed by atoms with van der Waals surface area (Å²) in [7, 11) is 0. The Hall–Kier alpha value is -0.730. The van der Waals surface area contributed by atoms with Gasteiger partial charge in [-0.05, 0) is 37.5 Å². The van der Waals surface area contributed by atoms with Crippen LogP contribution in [0.2, 0.25) is 5.02 Å². The van der Waals surface area contributed by atoms with Crippen LogP contribution in [0.3, 0.4) is 0 Å². The molecule has 3 heteroatoms. The van der Waals surface area contributed by atoms with Crippen LogP contribution in [0.5, 0.6) is 0 Å². The fraction of sp³-hybridized carbons (Fsp3) is 0.500. The fourth-order valence-electron chi connectivity index (χ4n) is 1.81. The molecule has 0 saturated carbocycles. The van der Waals surface area contributed by atoms with Crippen LogP contribution in [0, 0.1) is 6.92 Å². The van der Waals surface area contributed by atoms with Gasteiger partial charge in [-0.25, -0.2) is 0 Å². The number of hydrogen-bond donors (Lipinski definition) is 1.